The zero-order valence-electron chi connectivity index (χ0n) is 10.1. The van der Waals surface area contributed by atoms with Crippen LogP contribution in [0.25, 0.3) is 0 Å². The zero-order valence-corrected chi connectivity index (χ0v) is 10.1. The molecule has 0 radical (unpaired) electrons. The molecule has 0 aliphatic carbocycles. The van der Waals surface area contributed by atoms with E-state index in [1.54, 1.807) is 6.34 Å². The quantitative estimate of drug-likeness (QED) is 0.804. The maximum absolute atomic E-state index is 4.13. The van der Waals surface area contributed by atoms with Crippen molar-refractivity contribution in [3.63, 3.8) is 0 Å². The van der Waals surface area contributed by atoms with Crippen LogP contribution in [0.4, 0.5) is 0 Å². The number of hydrogen-bond acceptors (Lipinski definition) is 2. The summed E-state index contributed by atoms with van der Waals surface area (Å²) in [7, 11) is 0. The Labute approximate surface area is 97.1 Å². The molecule has 0 aromatic heterocycles. The van der Waals surface area contributed by atoms with Gasteiger partial charge in [-0.15, -0.1) is 0 Å². The topological polar surface area (TPSA) is 24.4 Å². The number of aryl methyl sites for hydroxylation is 1. The Bertz CT molecular complexity index is 444. The molecule has 84 valence electrons. The second-order valence-corrected chi connectivity index (χ2v) is 4.31. The molecule has 2 nitrogen and oxygen atoms in total. The molecule has 1 aliphatic heterocycles. The molecule has 2 rings (SSSR count). The normalized spacial score (nSPS) is 16.6. The van der Waals surface area contributed by atoms with Gasteiger partial charge in [-0.25, -0.2) is 0 Å². The molecule has 0 saturated carbocycles. The molecule has 1 aliphatic rings. The zero-order chi connectivity index (χ0) is 11.5. The van der Waals surface area contributed by atoms with E-state index in [4.69, 9.17) is 0 Å². The third-order valence-corrected chi connectivity index (χ3v) is 3.32. The summed E-state index contributed by atoms with van der Waals surface area (Å²) in [5, 5.41) is 3.23. The lowest BCUT2D eigenvalue weighted by Crippen LogP contribution is -2.20. The van der Waals surface area contributed by atoms with Gasteiger partial charge in [0, 0.05) is 11.6 Å². The average Bonchev–Trinajstić information content (AvgIpc) is 2.33. The molecule has 1 aromatic carbocycles. The van der Waals surface area contributed by atoms with Crippen molar-refractivity contribution >= 4 is 6.34 Å². The number of hydrogen-bond donors (Lipinski definition) is 1. The fourth-order valence-electron chi connectivity index (χ4n) is 2.10. The first-order chi connectivity index (χ1) is 7.70. The lowest BCUT2D eigenvalue weighted by atomic mass is 9.91. The summed E-state index contributed by atoms with van der Waals surface area (Å²) in [6.07, 6.45) is 3.95. The summed E-state index contributed by atoms with van der Waals surface area (Å²) >= 11 is 0. The third kappa shape index (κ3) is 2.01. The Morgan fingerprint density at radius 3 is 2.81 bits per heavy atom. The van der Waals surface area contributed by atoms with Crippen molar-refractivity contribution in [3.8, 4) is 0 Å². The number of benzene rings is 1. The minimum atomic E-state index is 0.409. The fraction of sp³-hybridized carbons (Fsp3) is 0.357. The van der Waals surface area contributed by atoms with E-state index in [2.05, 4.69) is 55.4 Å². The van der Waals surface area contributed by atoms with E-state index in [-0.39, 0.29) is 0 Å². The summed E-state index contributed by atoms with van der Waals surface area (Å²) < 4.78 is 0. The third-order valence-electron chi connectivity index (χ3n) is 3.32. The van der Waals surface area contributed by atoms with Gasteiger partial charge in [-0.2, -0.15) is 0 Å². The van der Waals surface area contributed by atoms with Crippen molar-refractivity contribution in [2.45, 2.75) is 26.7 Å². The average molecular weight is 214 g/mol. The predicted octanol–water partition coefficient (Wildman–Crippen LogP) is 2.92. The van der Waals surface area contributed by atoms with E-state index in [9.17, 15) is 0 Å². The van der Waals surface area contributed by atoms with Gasteiger partial charge in [0.1, 0.15) is 0 Å². The second-order valence-electron chi connectivity index (χ2n) is 4.31. The highest BCUT2D eigenvalue weighted by atomic mass is 15.0. The Kier molecular flexibility index (Phi) is 3.09. The van der Waals surface area contributed by atoms with Gasteiger partial charge in [-0.05, 0) is 36.6 Å². The fourth-order valence-corrected chi connectivity index (χ4v) is 2.10. The molecular formula is C14H18N2. The number of aliphatic imine (C=N–C) groups is 1. The lowest BCUT2D eigenvalue weighted by molar-refractivity contribution is 0.811. The van der Waals surface area contributed by atoms with E-state index >= 15 is 0 Å². The van der Waals surface area contributed by atoms with E-state index in [0.29, 0.717) is 5.92 Å². The van der Waals surface area contributed by atoms with Crippen molar-refractivity contribution < 1.29 is 0 Å². The Hall–Kier alpha value is -1.57. The summed E-state index contributed by atoms with van der Waals surface area (Å²) in [6, 6.07) is 6.50. The van der Waals surface area contributed by atoms with Gasteiger partial charge in [0.25, 0.3) is 0 Å². The minimum absolute atomic E-state index is 0.409. The molecular weight excluding hydrogens is 196 g/mol. The van der Waals surface area contributed by atoms with Crippen molar-refractivity contribution in [2.75, 3.05) is 6.54 Å². The van der Waals surface area contributed by atoms with Gasteiger partial charge in [-0.1, -0.05) is 25.1 Å². The summed E-state index contributed by atoms with van der Waals surface area (Å²) in [6.45, 7) is 7.38. The highest BCUT2D eigenvalue weighted by molar-refractivity contribution is 5.60. The Balaban J connectivity index is 2.30. The SMILES string of the molecule is Cc1cccc([C@H](C)C2=CCN=CN2)c1C. The van der Waals surface area contributed by atoms with Crippen molar-refractivity contribution in [1.82, 2.24) is 5.32 Å². The predicted molar refractivity (Wildman–Crippen MR) is 68.9 cm³/mol. The molecule has 0 unspecified atom stereocenters. The van der Waals surface area contributed by atoms with Crippen LogP contribution in [-0.4, -0.2) is 12.9 Å². The summed E-state index contributed by atoms with van der Waals surface area (Å²) in [5.74, 6) is 0.409. The maximum Gasteiger partial charge on any atom is 0.0869 e. The molecule has 16 heavy (non-hydrogen) atoms. The summed E-state index contributed by atoms with van der Waals surface area (Å²) in [5.41, 5.74) is 5.40. The van der Waals surface area contributed by atoms with Gasteiger partial charge in [0.05, 0.1) is 12.9 Å². The first kappa shape index (κ1) is 10.9. The van der Waals surface area contributed by atoms with Gasteiger partial charge >= 0.3 is 0 Å². The van der Waals surface area contributed by atoms with Crippen LogP contribution in [-0.2, 0) is 0 Å². The number of allylic oxidation sites excluding steroid dienone is 1. The number of nitrogens with zero attached hydrogens (tertiary/aromatic N) is 1. The smallest absolute Gasteiger partial charge is 0.0869 e. The van der Waals surface area contributed by atoms with Gasteiger partial charge in [0.15, 0.2) is 0 Å². The van der Waals surface area contributed by atoms with Gasteiger partial charge in [-0.3, -0.25) is 4.99 Å². The molecule has 1 heterocycles. The molecule has 2 heteroatoms. The first-order valence-corrected chi connectivity index (χ1v) is 5.71. The monoisotopic (exact) mass is 214 g/mol. The van der Waals surface area contributed by atoms with Crippen LogP contribution in [0.1, 0.15) is 29.5 Å². The Morgan fingerprint density at radius 2 is 2.12 bits per heavy atom. The highest BCUT2D eigenvalue weighted by Crippen LogP contribution is 2.27. The van der Waals surface area contributed by atoms with Gasteiger partial charge in [0.2, 0.25) is 0 Å². The standard InChI is InChI=1S/C14H18N2/c1-10-5-4-6-13(11(10)2)12(3)14-7-8-15-9-16-14/h4-7,9,12H,8H2,1-3H3,(H,15,16)/t12-/m0/s1. The van der Waals surface area contributed by atoms with E-state index < -0.39 is 0 Å². The Morgan fingerprint density at radius 1 is 1.31 bits per heavy atom. The molecule has 1 N–H and O–H groups in total. The molecule has 0 amide bonds. The van der Waals surface area contributed by atoms with Crippen molar-refractivity contribution in [2.24, 2.45) is 4.99 Å². The molecule has 0 spiro atoms. The van der Waals surface area contributed by atoms with Crippen LogP contribution < -0.4 is 5.32 Å². The molecule has 0 bridgehead atoms. The van der Waals surface area contributed by atoms with Crippen LogP contribution >= 0.6 is 0 Å². The van der Waals surface area contributed by atoms with Crippen molar-refractivity contribution in [1.29, 1.82) is 0 Å². The van der Waals surface area contributed by atoms with E-state index in [0.717, 1.165) is 6.54 Å². The maximum atomic E-state index is 4.13. The first-order valence-electron chi connectivity index (χ1n) is 5.71. The van der Waals surface area contributed by atoms with Gasteiger partial charge < -0.3 is 5.32 Å². The van der Waals surface area contributed by atoms with Crippen molar-refractivity contribution in [3.05, 3.63) is 46.7 Å². The van der Waals surface area contributed by atoms with Crippen LogP contribution in [0.2, 0.25) is 0 Å². The molecule has 0 saturated heterocycles. The molecule has 0 fully saturated rings. The largest absolute Gasteiger partial charge is 0.350 e. The number of nitrogens with one attached hydrogen (secondary N) is 1. The van der Waals surface area contributed by atoms with E-state index in [1.165, 1.54) is 22.4 Å². The van der Waals surface area contributed by atoms with E-state index in [1.807, 2.05) is 0 Å². The molecule has 1 atom stereocenters. The second kappa shape index (κ2) is 4.52. The van der Waals surface area contributed by atoms with Crippen LogP contribution in [0.15, 0.2) is 35.0 Å². The minimum Gasteiger partial charge on any atom is -0.350 e. The van der Waals surface area contributed by atoms with Crippen LogP contribution in [0.3, 0.4) is 0 Å². The van der Waals surface area contributed by atoms with Crippen LogP contribution in [0.5, 0.6) is 0 Å². The lowest BCUT2D eigenvalue weighted by Gasteiger charge is -2.21. The summed E-state index contributed by atoms with van der Waals surface area (Å²) in [4.78, 5) is 4.13. The number of rotatable bonds is 2. The van der Waals surface area contributed by atoms with Crippen LogP contribution in [0, 0.1) is 13.8 Å². The highest BCUT2D eigenvalue weighted by Gasteiger charge is 2.14. The molecule has 1 aromatic rings.